The van der Waals surface area contributed by atoms with Crippen molar-refractivity contribution in [2.45, 2.75) is 13.3 Å². The first kappa shape index (κ1) is 17.2. The summed E-state index contributed by atoms with van der Waals surface area (Å²) >= 11 is 0. The molecule has 0 bridgehead atoms. The molecule has 4 nitrogen and oxygen atoms in total. The molecule has 21 heavy (non-hydrogen) atoms. The number of benzene rings is 1. The lowest BCUT2D eigenvalue weighted by atomic mass is 10.0. The third kappa shape index (κ3) is 5.58. The van der Waals surface area contributed by atoms with Crippen LogP contribution >= 0.6 is 0 Å². The van der Waals surface area contributed by atoms with Crippen molar-refractivity contribution in [3.63, 3.8) is 0 Å². The van der Waals surface area contributed by atoms with E-state index >= 15 is 0 Å². The molecular weight excluding hydrogens is 262 g/mol. The van der Waals surface area contributed by atoms with E-state index in [1.165, 1.54) is 0 Å². The molecule has 4 heteroatoms. The molecule has 0 aliphatic heterocycles. The fourth-order valence-electron chi connectivity index (χ4n) is 2.03. The summed E-state index contributed by atoms with van der Waals surface area (Å²) in [5.74, 6) is 5.83. The minimum absolute atomic E-state index is 0.00933. The van der Waals surface area contributed by atoms with Gasteiger partial charge in [-0.2, -0.15) is 0 Å². The third-order valence-electron chi connectivity index (χ3n) is 3.18. The summed E-state index contributed by atoms with van der Waals surface area (Å²) in [6.07, 6.45) is 0.949. The van der Waals surface area contributed by atoms with Gasteiger partial charge in [0.05, 0.1) is 12.1 Å². The zero-order valence-corrected chi connectivity index (χ0v) is 13.4. The molecule has 0 aromatic heterocycles. The van der Waals surface area contributed by atoms with Gasteiger partial charge in [0.2, 0.25) is 0 Å². The van der Waals surface area contributed by atoms with E-state index in [-0.39, 0.29) is 5.91 Å². The lowest BCUT2D eigenvalue weighted by Gasteiger charge is -2.19. The lowest BCUT2D eigenvalue weighted by molar-refractivity contribution is 0.0790. The highest BCUT2D eigenvalue weighted by Crippen LogP contribution is 2.13. The van der Waals surface area contributed by atoms with Crippen molar-refractivity contribution < 1.29 is 4.79 Å². The Kier molecular flexibility index (Phi) is 6.93. The van der Waals surface area contributed by atoms with Gasteiger partial charge in [-0.3, -0.25) is 4.79 Å². The summed E-state index contributed by atoms with van der Waals surface area (Å²) in [6, 6.07) is 5.72. The van der Waals surface area contributed by atoms with Crippen LogP contribution in [-0.2, 0) is 0 Å². The number of amides is 1. The standard InChI is InChI=1S/C17H25N3O/c1-14-8-9-16(15(13-14)7-5-10-18)17(21)20(4)12-6-11-19(2)3/h8-9,13H,6,10-12,18H2,1-4H3. The molecule has 114 valence electrons. The molecule has 0 saturated carbocycles. The largest absolute Gasteiger partial charge is 0.342 e. The minimum Gasteiger partial charge on any atom is -0.342 e. The zero-order chi connectivity index (χ0) is 15.8. The molecule has 1 aromatic rings. The number of hydrogen-bond acceptors (Lipinski definition) is 3. The number of hydrogen-bond donors (Lipinski definition) is 1. The number of aryl methyl sites for hydroxylation is 1. The number of nitrogens with two attached hydrogens (primary N) is 1. The molecular formula is C17H25N3O. The Morgan fingerprint density at radius 3 is 2.57 bits per heavy atom. The van der Waals surface area contributed by atoms with E-state index in [4.69, 9.17) is 5.73 Å². The topological polar surface area (TPSA) is 49.6 Å². The second kappa shape index (κ2) is 8.46. The lowest BCUT2D eigenvalue weighted by Crippen LogP contribution is -2.30. The highest BCUT2D eigenvalue weighted by atomic mass is 16.2. The van der Waals surface area contributed by atoms with E-state index in [1.807, 2.05) is 46.3 Å². The van der Waals surface area contributed by atoms with Crippen LogP contribution in [0.25, 0.3) is 0 Å². The van der Waals surface area contributed by atoms with Gasteiger partial charge in [-0.05, 0) is 51.7 Å². The fourth-order valence-corrected chi connectivity index (χ4v) is 2.03. The van der Waals surface area contributed by atoms with Crippen molar-refractivity contribution >= 4 is 5.91 Å². The van der Waals surface area contributed by atoms with Crippen molar-refractivity contribution in [2.75, 3.05) is 40.8 Å². The van der Waals surface area contributed by atoms with Crippen LogP contribution in [0.3, 0.4) is 0 Å². The van der Waals surface area contributed by atoms with Crippen LogP contribution in [0, 0.1) is 18.8 Å². The molecule has 0 saturated heterocycles. The molecule has 1 amide bonds. The first-order chi connectivity index (χ1) is 9.95. The summed E-state index contributed by atoms with van der Waals surface area (Å²) < 4.78 is 0. The van der Waals surface area contributed by atoms with Crippen LogP contribution in [0.15, 0.2) is 18.2 Å². The van der Waals surface area contributed by atoms with E-state index in [1.54, 1.807) is 4.90 Å². The van der Waals surface area contributed by atoms with Gasteiger partial charge < -0.3 is 15.5 Å². The molecule has 1 rings (SSSR count). The number of carbonyl (C=O) groups is 1. The Labute approximate surface area is 127 Å². The molecule has 0 spiro atoms. The minimum atomic E-state index is 0.00933. The predicted molar refractivity (Wildman–Crippen MR) is 87.2 cm³/mol. The molecule has 0 atom stereocenters. The SMILES string of the molecule is Cc1ccc(C(=O)N(C)CCCN(C)C)c(C#CCN)c1. The van der Waals surface area contributed by atoms with E-state index in [2.05, 4.69) is 16.7 Å². The number of nitrogens with zero attached hydrogens (tertiary/aromatic N) is 2. The first-order valence-electron chi connectivity index (χ1n) is 7.15. The number of carbonyl (C=O) groups excluding carboxylic acids is 1. The monoisotopic (exact) mass is 287 g/mol. The summed E-state index contributed by atoms with van der Waals surface area (Å²) in [6.45, 7) is 3.98. The van der Waals surface area contributed by atoms with E-state index in [9.17, 15) is 4.79 Å². The Balaban J connectivity index is 2.85. The maximum absolute atomic E-state index is 12.5. The number of rotatable bonds is 5. The molecule has 0 aliphatic rings. The van der Waals surface area contributed by atoms with Crippen molar-refractivity contribution in [1.29, 1.82) is 0 Å². The average Bonchev–Trinajstić information content (AvgIpc) is 2.44. The molecule has 0 radical (unpaired) electrons. The zero-order valence-electron chi connectivity index (χ0n) is 13.4. The Morgan fingerprint density at radius 1 is 1.24 bits per heavy atom. The second-order valence-electron chi connectivity index (χ2n) is 5.44. The smallest absolute Gasteiger partial charge is 0.254 e. The Morgan fingerprint density at radius 2 is 1.95 bits per heavy atom. The van der Waals surface area contributed by atoms with Gasteiger partial charge in [-0.25, -0.2) is 0 Å². The Hall–Kier alpha value is -1.83. The summed E-state index contributed by atoms with van der Waals surface area (Å²) in [4.78, 5) is 16.4. The quantitative estimate of drug-likeness (QED) is 0.831. The van der Waals surface area contributed by atoms with Crippen LogP contribution in [0.2, 0.25) is 0 Å². The fraction of sp³-hybridized carbons (Fsp3) is 0.471. The van der Waals surface area contributed by atoms with Gasteiger partial charge in [0.15, 0.2) is 0 Å². The highest BCUT2D eigenvalue weighted by Gasteiger charge is 2.14. The van der Waals surface area contributed by atoms with Crippen LogP contribution in [0.5, 0.6) is 0 Å². The van der Waals surface area contributed by atoms with Gasteiger partial charge in [0, 0.05) is 19.2 Å². The van der Waals surface area contributed by atoms with Gasteiger partial charge in [0.1, 0.15) is 0 Å². The third-order valence-corrected chi connectivity index (χ3v) is 3.18. The molecule has 2 N–H and O–H groups in total. The summed E-state index contributed by atoms with van der Waals surface area (Å²) in [5.41, 5.74) is 7.91. The van der Waals surface area contributed by atoms with Crippen LogP contribution in [0.1, 0.15) is 27.9 Å². The van der Waals surface area contributed by atoms with Crippen LogP contribution < -0.4 is 5.73 Å². The van der Waals surface area contributed by atoms with Crippen molar-refractivity contribution in [1.82, 2.24) is 9.80 Å². The average molecular weight is 287 g/mol. The van der Waals surface area contributed by atoms with Gasteiger partial charge in [0.25, 0.3) is 5.91 Å². The maximum atomic E-state index is 12.5. The molecule has 0 fully saturated rings. The van der Waals surface area contributed by atoms with E-state index < -0.39 is 0 Å². The maximum Gasteiger partial charge on any atom is 0.254 e. The molecule has 0 aliphatic carbocycles. The molecule has 0 heterocycles. The van der Waals surface area contributed by atoms with Gasteiger partial charge in [-0.1, -0.05) is 17.9 Å². The van der Waals surface area contributed by atoms with Crippen molar-refractivity contribution in [2.24, 2.45) is 5.73 Å². The second-order valence-corrected chi connectivity index (χ2v) is 5.44. The highest BCUT2D eigenvalue weighted by molar-refractivity contribution is 5.96. The van der Waals surface area contributed by atoms with Crippen molar-refractivity contribution in [3.8, 4) is 11.8 Å². The molecule has 0 unspecified atom stereocenters. The van der Waals surface area contributed by atoms with Crippen molar-refractivity contribution in [3.05, 3.63) is 34.9 Å². The van der Waals surface area contributed by atoms with Gasteiger partial charge in [-0.15, -0.1) is 0 Å². The van der Waals surface area contributed by atoms with Gasteiger partial charge >= 0.3 is 0 Å². The summed E-state index contributed by atoms with van der Waals surface area (Å²) in [7, 11) is 5.89. The van der Waals surface area contributed by atoms with Crippen LogP contribution in [-0.4, -0.2) is 56.5 Å². The predicted octanol–water partition coefficient (Wildman–Crippen LogP) is 1.33. The van der Waals surface area contributed by atoms with E-state index in [0.717, 1.165) is 30.6 Å². The first-order valence-corrected chi connectivity index (χ1v) is 7.15. The van der Waals surface area contributed by atoms with E-state index in [0.29, 0.717) is 12.1 Å². The normalized spacial score (nSPS) is 10.2. The Bertz CT molecular complexity index is 541. The van der Waals surface area contributed by atoms with Crippen LogP contribution in [0.4, 0.5) is 0 Å². The molecule has 1 aromatic carbocycles. The summed E-state index contributed by atoms with van der Waals surface area (Å²) in [5, 5.41) is 0.